The first-order valence-corrected chi connectivity index (χ1v) is 10.5. The van der Waals surface area contributed by atoms with Crippen molar-refractivity contribution < 1.29 is 19.1 Å². The molecule has 2 aromatic rings. The molecule has 0 aliphatic carbocycles. The molecule has 0 fully saturated rings. The van der Waals surface area contributed by atoms with Crippen LogP contribution in [0.15, 0.2) is 42.5 Å². The number of hydrogen-bond donors (Lipinski definition) is 2. The molecule has 2 rings (SSSR count). The zero-order valence-electron chi connectivity index (χ0n) is 18.3. The Hall–Kier alpha value is -3.02. The fourth-order valence-electron chi connectivity index (χ4n) is 2.81. The smallest absolute Gasteiger partial charge is 0.251 e. The van der Waals surface area contributed by atoms with E-state index in [9.17, 15) is 9.59 Å². The van der Waals surface area contributed by atoms with Gasteiger partial charge in [0.1, 0.15) is 0 Å². The molecule has 6 nitrogen and oxygen atoms in total. The number of rotatable bonds is 11. The highest BCUT2D eigenvalue weighted by atomic mass is 16.5. The molecule has 0 saturated carbocycles. The summed E-state index contributed by atoms with van der Waals surface area (Å²) in [7, 11) is 0. The highest BCUT2D eigenvalue weighted by Gasteiger charge is 2.15. The molecule has 0 aliphatic heterocycles. The van der Waals surface area contributed by atoms with Crippen LogP contribution in [0.25, 0.3) is 0 Å². The van der Waals surface area contributed by atoms with Crippen LogP contribution in [0.4, 0.5) is 0 Å². The van der Waals surface area contributed by atoms with E-state index in [4.69, 9.17) is 9.47 Å². The fraction of sp³-hybridized carbons (Fsp3) is 0.417. The molecular formula is C24H32N2O4. The highest BCUT2D eigenvalue weighted by molar-refractivity contribution is 5.94. The van der Waals surface area contributed by atoms with Crippen molar-refractivity contribution in [1.29, 1.82) is 0 Å². The third-order valence-corrected chi connectivity index (χ3v) is 4.50. The van der Waals surface area contributed by atoms with Gasteiger partial charge in [0.05, 0.1) is 19.3 Å². The van der Waals surface area contributed by atoms with Crippen LogP contribution in [-0.4, -0.2) is 25.0 Å². The molecule has 1 atom stereocenters. The quantitative estimate of drug-likeness (QED) is 0.574. The van der Waals surface area contributed by atoms with Gasteiger partial charge in [-0.2, -0.15) is 0 Å². The van der Waals surface area contributed by atoms with Gasteiger partial charge in [-0.25, -0.2) is 0 Å². The van der Waals surface area contributed by atoms with E-state index in [1.165, 1.54) is 6.92 Å². The van der Waals surface area contributed by atoms with Crippen LogP contribution >= 0.6 is 0 Å². The number of carbonyl (C=O) groups excluding carboxylic acids is 2. The number of benzene rings is 2. The van der Waals surface area contributed by atoms with E-state index in [-0.39, 0.29) is 17.9 Å². The largest absolute Gasteiger partial charge is 0.490 e. The first-order chi connectivity index (χ1) is 14.4. The Labute approximate surface area is 179 Å². The predicted octanol–water partition coefficient (Wildman–Crippen LogP) is 4.39. The van der Waals surface area contributed by atoms with E-state index < -0.39 is 0 Å². The maximum Gasteiger partial charge on any atom is 0.251 e. The van der Waals surface area contributed by atoms with Gasteiger partial charge >= 0.3 is 0 Å². The summed E-state index contributed by atoms with van der Waals surface area (Å²) < 4.78 is 11.6. The molecule has 2 amide bonds. The van der Waals surface area contributed by atoms with Crippen molar-refractivity contribution in [3.8, 4) is 11.5 Å². The lowest BCUT2D eigenvalue weighted by atomic mass is 10.1. The molecular weight excluding hydrogens is 380 g/mol. The molecule has 2 N–H and O–H groups in total. The van der Waals surface area contributed by atoms with E-state index in [1.807, 2.05) is 37.3 Å². The highest BCUT2D eigenvalue weighted by Crippen LogP contribution is 2.31. The van der Waals surface area contributed by atoms with E-state index in [0.717, 1.165) is 29.7 Å². The summed E-state index contributed by atoms with van der Waals surface area (Å²) in [4.78, 5) is 23.6. The Morgan fingerprint density at radius 3 is 2.17 bits per heavy atom. The molecule has 0 aromatic heterocycles. The lowest BCUT2D eigenvalue weighted by Gasteiger charge is -2.18. The van der Waals surface area contributed by atoms with E-state index in [1.54, 1.807) is 12.1 Å². The minimum Gasteiger partial charge on any atom is -0.490 e. The summed E-state index contributed by atoms with van der Waals surface area (Å²) in [5.41, 5.74) is 2.45. The zero-order chi connectivity index (χ0) is 21.9. The summed E-state index contributed by atoms with van der Waals surface area (Å²) >= 11 is 0. The van der Waals surface area contributed by atoms with Gasteiger partial charge in [-0.05, 0) is 55.2 Å². The monoisotopic (exact) mass is 412 g/mol. The van der Waals surface area contributed by atoms with Crippen molar-refractivity contribution in [1.82, 2.24) is 10.6 Å². The summed E-state index contributed by atoms with van der Waals surface area (Å²) in [5.74, 6) is 1.18. The summed E-state index contributed by atoms with van der Waals surface area (Å²) in [5, 5.41) is 5.76. The summed E-state index contributed by atoms with van der Waals surface area (Å²) in [6.07, 6.45) is 1.83. The third kappa shape index (κ3) is 7.10. The Kier molecular flexibility index (Phi) is 9.19. The van der Waals surface area contributed by atoms with Crippen LogP contribution in [0.5, 0.6) is 11.5 Å². The summed E-state index contributed by atoms with van der Waals surface area (Å²) in [6, 6.07) is 12.8. The number of carbonyl (C=O) groups is 2. The van der Waals surface area contributed by atoms with E-state index in [0.29, 0.717) is 31.1 Å². The van der Waals surface area contributed by atoms with Crippen LogP contribution in [0.3, 0.4) is 0 Å². The van der Waals surface area contributed by atoms with Crippen LogP contribution < -0.4 is 20.1 Å². The SMILES string of the molecule is CCCOc1ccc(C(C)NC(=O)c2ccc(CNC(C)=O)cc2)cc1OCCC. The van der Waals surface area contributed by atoms with Crippen LogP contribution in [-0.2, 0) is 11.3 Å². The topological polar surface area (TPSA) is 76.7 Å². The molecule has 0 radical (unpaired) electrons. The van der Waals surface area contributed by atoms with Crippen molar-refractivity contribution in [3.05, 3.63) is 59.2 Å². The molecule has 0 spiro atoms. The number of hydrogen-bond acceptors (Lipinski definition) is 4. The first-order valence-electron chi connectivity index (χ1n) is 10.5. The molecule has 30 heavy (non-hydrogen) atoms. The molecule has 0 heterocycles. The molecule has 1 unspecified atom stereocenters. The molecule has 162 valence electrons. The van der Waals surface area contributed by atoms with Crippen LogP contribution in [0, 0.1) is 0 Å². The minimum absolute atomic E-state index is 0.0842. The van der Waals surface area contributed by atoms with Gasteiger partial charge in [0, 0.05) is 19.0 Å². The second-order valence-electron chi connectivity index (χ2n) is 7.20. The van der Waals surface area contributed by atoms with Gasteiger partial charge in [-0.3, -0.25) is 9.59 Å². The lowest BCUT2D eigenvalue weighted by molar-refractivity contribution is -0.119. The average molecular weight is 413 g/mol. The lowest BCUT2D eigenvalue weighted by Crippen LogP contribution is -2.26. The molecule has 6 heteroatoms. The van der Waals surface area contributed by atoms with Crippen molar-refractivity contribution in [3.63, 3.8) is 0 Å². The molecule has 0 bridgehead atoms. The first kappa shape index (κ1) is 23.3. The standard InChI is InChI=1S/C24H32N2O4/c1-5-13-29-22-12-11-21(15-23(22)30-14-6-2)17(3)26-24(28)20-9-7-19(8-10-20)16-25-18(4)27/h7-12,15,17H,5-6,13-14,16H2,1-4H3,(H,25,27)(H,26,28). The molecule has 0 aliphatic rings. The van der Waals surface area contributed by atoms with Crippen molar-refractivity contribution in [2.24, 2.45) is 0 Å². The average Bonchev–Trinajstić information content (AvgIpc) is 2.75. The molecule has 2 aromatic carbocycles. The number of nitrogens with one attached hydrogen (secondary N) is 2. The maximum atomic E-state index is 12.6. The van der Waals surface area contributed by atoms with Crippen molar-refractivity contribution in [2.75, 3.05) is 13.2 Å². The van der Waals surface area contributed by atoms with Gasteiger partial charge in [0.2, 0.25) is 5.91 Å². The van der Waals surface area contributed by atoms with Gasteiger partial charge in [0.15, 0.2) is 11.5 Å². The Morgan fingerprint density at radius 1 is 0.933 bits per heavy atom. The van der Waals surface area contributed by atoms with Crippen LogP contribution in [0.2, 0.25) is 0 Å². The Morgan fingerprint density at radius 2 is 1.57 bits per heavy atom. The van der Waals surface area contributed by atoms with Crippen LogP contribution in [0.1, 0.15) is 68.1 Å². The number of ether oxygens (including phenoxy) is 2. The van der Waals surface area contributed by atoms with Gasteiger partial charge in [0.25, 0.3) is 5.91 Å². The zero-order valence-corrected chi connectivity index (χ0v) is 18.3. The normalized spacial score (nSPS) is 11.5. The molecule has 0 saturated heterocycles. The second kappa shape index (κ2) is 11.9. The predicted molar refractivity (Wildman–Crippen MR) is 118 cm³/mol. The fourth-order valence-corrected chi connectivity index (χ4v) is 2.81. The third-order valence-electron chi connectivity index (χ3n) is 4.50. The van der Waals surface area contributed by atoms with Crippen molar-refractivity contribution >= 4 is 11.8 Å². The van der Waals surface area contributed by atoms with Gasteiger partial charge in [-0.15, -0.1) is 0 Å². The van der Waals surface area contributed by atoms with E-state index in [2.05, 4.69) is 24.5 Å². The van der Waals surface area contributed by atoms with Gasteiger partial charge < -0.3 is 20.1 Å². The second-order valence-corrected chi connectivity index (χ2v) is 7.20. The Balaban J connectivity index is 2.05. The summed E-state index contributed by atoms with van der Waals surface area (Å²) in [6.45, 7) is 9.22. The maximum absolute atomic E-state index is 12.6. The minimum atomic E-state index is -0.194. The number of amides is 2. The van der Waals surface area contributed by atoms with Crippen molar-refractivity contribution in [2.45, 2.75) is 53.1 Å². The Bertz CT molecular complexity index is 834. The van der Waals surface area contributed by atoms with E-state index >= 15 is 0 Å². The van der Waals surface area contributed by atoms with Gasteiger partial charge in [-0.1, -0.05) is 32.0 Å².